The molecular weight excluding hydrogens is 284 g/mol. The van der Waals surface area contributed by atoms with Crippen LogP contribution in [0.15, 0.2) is 0 Å². The van der Waals surface area contributed by atoms with E-state index in [1.54, 1.807) is 0 Å². The second-order valence-corrected chi connectivity index (χ2v) is 7.30. The highest BCUT2D eigenvalue weighted by Gasteiger charge is 2.32. The van der Waals surface area contributed by atoms with E-state index in [2.05, 4.69) is 10.6 Å². The quantitative estimate of drug-likeness (QED) is 0.597. The third-order valence-electron chi connectivity index (χ3n) is 4.19. The number of aliphatic hydroxyl groups is 2. The lowest BCUT2D eigenvalue weighted by Gasteiger charge is -2.38. The molecule has 6 nitrogen and oxygen atoms in total. The molecule has 2 unspecified atom stereocenters. The number of carbonyl (C=O) groups is 1. The van der Waals surface area contributed by atoms with Crippen molar-refractivity contribution in [3.8, 4) is 0 Å². The van der Waals surface area contributed by atoms with Gasteiger partial charge >= 0.3 is 6.09 Å². The largest absolute Gasteiger partial charge is 0.444 e. The van der Waals surface area contributed by atoms with Gasteiger partial charge in [0.05, 0.1) is 18.8 Å². The number of alkyl carbamates (subject to hydrolysis) is 1. The summed E-state index contributed by atoms with van der Waals surface area (Å²) in [5, 5.41) is 25.4. The summed E-state index contributed by atoms with van der Waals surface area (Å²) in [6.45, 7) is 7.28. The summed E-state index contributed by atoms with van der Waals surface area (Å²) in [6.07, 6.45) is 3.95. The van der Waals surface area contributed by atoms with Gasteiger partial charge in [0, 0.05) is 12.1 Å². The average Bonchev–Trinajstić information content (AvgIpc) is 2.43. The van der Waals surface area contributed by atoms with E-state index in [1.807, 2.05) is 27.7 Å². The molecule has 2 atom stereocenters. The molecule has 130 valence electrons. The van der Waals surface area contributed by atoms with E-state index in [1.165, 1.54) is 0 Å². The Kier molecular flexibility index (Phi) is 7.09. The average molecular weight is 316 g/mol. The molecule has 1 amide bonds. The summed E-state index contributed by atoms with van der Waals surface area (Å²) >= 11 is 0. The predicted octanol–water partition coefficient (Wildman–Crippen LogP) is 1.55. The standard InChI is InChI=1S/C16H32N2O4/c1-5-16(10-19,11-20)18-13-8-6-7-12(9-13)17-14(21)22-15(2,3)4/h12-13,18-20H,5-11H2,1-4H3,(H,17,21). The third kappa shape index (κ3) is 6.10. The maximum atomic E-state index is 11.9. The van der Waals surface area contributed by atoms with Crippen molar-refractivity contribution in [2.75, 3.05) is 13.2 Å². The topological polar surface area (TPSA) is 90.8 Å². The zero-order chi connectivity index (χ0) is 16.8. The molecule has 0 aromatic carbocycles. The van der Waals surface area contributed by atoms with Gasteiger partial charge in [0.1, 0.15) is 5.60 Å². The van der Waals surface area contributed by atoms with Gasteiger partial charge in [-0.15, -0.1) is 0 Å². The van der Waals surface area contributed by atoms with Gasteiger partial charge in [-0.2, -0.15) is 0 Å². The smallest absolute Gasteiger partial charge is 0.407 e. The molecule has 1 saturated carbocycles. The molecule has 1 fully saturated rings. The number of ether oxygens (including phenoxy) is 1. The van der Waals surface area contributed by atoms with Gasteiger partial charge in [0.25, 0.3) is 0 Å². The number of amides is 1. The van der Waals surface area contributed by atoms with E-state index in [9.17, 15) is 15.0 Å². The number of hydrogen-bond acceptors (Lipinski definition) is 5. The highest BCUT2D eigenvalue weighted by Crippen LogP contribution is 2.22. The Morgan fingerprint density at radius 1 is 1.18 bits per heavy atom. The Labute approximate surface area is 133 Å². The summed E-state index contributed by atoms with van der Waals surface area (Å²) in [6, 6.07) is 0.237. The maximum Gasteiger partial charge on any atom is 0.407 e. The van der Waals surface area contributed by atoms with Gasteiger partial charge < -0.3 is 25.6 Å². The zero-order valence-corrected chi connectivity index (χ0v) is 14.3. The summed E-state index contributed by atoms with van der Waals surface area (Å²) in [5.74, 6) is 0. The number of rotatable bonds is 6. The Hall–Kier alpha value is -0.850. The van der Waals surface area contributed by atoms with Gasteiger partial charge in [-0.05, 0) is 52.9 Å². The Morgan fingerprint density at radius 2 is 1.77 bits per heavy atom. The van der Waals surface area contributed by atoms with E-state index in [0.717, 1.165) is 25.7 Å². The van der Waals surface area contributed by atoms with Gasteiger partial charge in [-0.25, -0.2) is 4.79 Å². The number of carbonyl (C=O) groups excluding carboxylic acids is 1. The molecule has 0 saturated heterocycles. The lowest BCUT2D eigenvalue weighted by molar-refractivity contribution is 0.0463. The van der Waals surface area contributed by atoms with Crippen LogP contribution in [0.4, 0.5) is 4.79 Å². The zero-order valence-electron chi connectivity index (χ0n) is 14.3. The fourth-order valence-corrected chi connectivity index (χ4v) is 2.83. The molecule has 0 aromatic rings. The van der Waals surface area contributed by atoms with Crippen LogP contribution in [0, 0.1) is 0 Å². The second-order valence-electron chi connectivity index (χ2n) is 7.30. The highest BCUT2D eigenvalue weighted by atomic mass is 16.6. The summed E-state index contributed by atoms with van der Waals surface area (Å²) < 4.78 is 5.29. The lowest BCUT2D eigenvalue weighted by Crippen LogP contribution is -2.57. The van der Waals surface area contributed by atoms with Gasteiger partial charge in [-0.1, -0.05) is 6.92 Å². The van der Waals surface area contributed by atoms with Crippen molar-refractivity contribution in [3.05, 3.63) is 0 Å². The molecule has 0 heterocycles. The summed E-state index contributed by atoms with van der Waals surface area (Å²) in [5.41, 5.74) is -1.14. The number of aliphatic hydroxyl groups excluding tert-OH is 2. The number of nitrogens with one attached hydrogen (secondary N) is 2. The van der Waals surface area contributed by atoms with E-state index in [0.29, 0.717) is 6.42 Å². The normalized spacial score (nSPS) is 23.2. The molecule has 1 rings (SSSR count). The molecule has 0 spiro atoms. The van der Waals surface area contributed by atoms with Crippen LogP contribution in [0.5, 0.6) is 0 Å². The maximum absolute atomic E-state index is 11.9. The Morgan fingerprint density at radius 3 is 2.27 bits per heavy atom. The minimum absolute atomic E-state index is 0.0630. The van der Waals surface area contributed by atoms with Crippen LogP contribution in [-0.4, -0.2) is 52.7 Å². The molecule has 1 aliphatic rings. The van der Waals surface area contributed by atoms with Crippen molar-refractivity contribution >= 4 is 6.09 Å². The van der Waals surface area contributed by atoms with Crippen molar-refractivity contribution in [2.24, 2.45) is 0 Å². The minimum Gasteiger partial charge on any atom is -0.444 e. The molecule has 0 bridgehead atoms. The van der Waals surface area contributed by atoms with E-state index >= 15 is 0 Å². The molecular formula is C16H32N2O4. The number of hydrogen-bond donors (Lipinski definition) is 4. The molecule has 0 aromatic heterocycles. The lowest BCUT2D eigenvalue weighted by atomic mass is 9.88. The summed E-state index contributed by atoms with van der Waals surface area (Å²) in [4.78, 5) is 11.9. The predicted molar refractivity (Wildman–Crippen MR) is 85.7 cm³/mol. The fraction of sp³-hybridized carbons (Fsp3) is 0.938. The molecule has 6 heteroatoms. The van der Waals surface area contributed by atoms with Gasteiger partial charge in [0.15, 0.2) is 0 Å². The van der Waals surface area contributed by atoms with E-state index < -0.39 is 11.1 Å². The van der Waals surface area contributed by atoms with Crippen LogP contribution in [0.2, 0.25) is 0 Å². The van der Waals surface area contributed by atoms with Crippen molar-refractivity contribution in [1.82, 2.24) is 10.6 Å². The first-order valence-corrected chi connectivity index (χ1v) is 8.22. The van der Waals surface area contributed by atoms with Crippen LogP contribution in [0.3, 0.4) is 0 Å². The van der Waals surface area contributed by atoms with Crippen LogP contribution in [0.1, 0.15) is 59.8 Å². The monoisotopic (exact) mass is 316 g/mol. The molecule has 0 radical (unpaired) electrons. The fourth-order valence-electron chi connectivity index (χ4n) is 2.83. The van der Waals surface area contributed by atoms with Gasteiger partial charge in [0.2, 0.25) is 0 Å². The van der Waals surface area contributed by atoms with Crippen molar-refractivity contribution in [1.29, 1.82) is 0 Å². The third-order valence-corrected chi connectivity index (χ3v) is 4.19. The Bertz CT molecular complexity index is 342. The van der Waals surface area contributed by atoms with Crippen LogP contribution < -0.4 is 10.6 Å². The Balaban J connectivity index is 2.52. The van der Waals surface area contributed by atoms with Gasteiger partial charge in [-0.3, -0.25) is 0 Å². The first-order chi connectivity index (χ1) is 10.2. The van der Waals surface area contributed by atoms with Crippen LogP contribution in [0.25, 0.3) is 0 Å². The molecule has 0 aliphatic heterocycles. The van der Waals surface area contributed by atoms with Crippen molar-refractivity contribution in [3.63, 3.8) is 0 Å². The first kappa shape index (κ1) is 19.2. The first-order valence-electron chi connectivity index (χ1n) is 8.22. The minimum atomic E-state index is -0.640. The van der Waals surface area contributed by atoms with Crippen molar-refractivity contribution < 1.29 is 19.7 Å². The SMILES string of the molecule is CCC(CO)(CO)NC1CCCC(NC(=O)OC(C)(C)C)C1. The molecule has 22 heavy (non-hydrogen) atoms. The van der Waals surface area contributed by atoms with Crippen LogP contribution in [-0.2, 0) is 4.74 Å². The second kappa shape index (κ2) is 8.13. The summed E-state index contributed by atoms with van der Waals surface area (Å²) in [7, 11) is 0. The highest BCUT2D eigenvalue weighted by molar-refractivity contribution is 5.68. The van der Waals surface area contributed by atoms with Crippen molar-refractivity contribution in [2.45, 2.75) is 83.0 Å². The molecule has 1 aliphatic carbocycles. The van der Waals surface area contributed by atoms with Crippen LogP contribution >= 0.6 is 0 Å². The molecule has 4 N–H and O–H groups in total. The van der Waals surface area contributed by atoms with E-state index in [4.69, 9.17) is 4.74 Å². The van der Waals surface area contributed by atoms with E-state index in [-0.39, 0.29) is 31.4 Å².